The van der Waals surface area contributed by atoms with Crippen molar-refractivity contribution in [3.05, 3.63) is 91.3 Å². The summed E-state index contributed by atoms with van der Waals surface area (Å²) in [5.74, 6) is 1.04. The molecule has 0 aliphatic heterocycles. The topological polar surface area (TPSA) is 63.8 Å². The Morgan fingerprint density at radius 1 is 0.774 bits per heavy atom. The highest BCUT2D eigenvalue weighted by Crippen LogP contribution is 2.35. The van der Waals surface area contributed by atoms with E-state index in [9.17, 15) is 5.11 Å². The van der Waals surface area contributed by atoms with Gasteiger partial charge in [0.25, 0.3) is 0 Å². The lowest BCUT2D eigenvalue weighted by atomic mass is 10.2. The predicted octanol–water partition coefficient (Wildman–Crippen LogP) is 5.98. The van der Waals surface area contributed by atoms with Crippen molar-refractivity contribution < 1.29 is 5.11 Å². The maximum Gasteiger partial charge on any atom is 0.141 e. The van der Waals surface area contributed by atoms with E-state index in [2.05, 4.69) is 32.7 Å². The zero-order valence-electron chi connectivity index (χ0n) is 16.3. The van der Waals surface area contributed by atoms with Gasteiger partial charge in [0.1, 0.15) is 22.1 Å². The number of para-hydroxylation sites is 2. The van der Waals surface area contributed by atoms with Crippen molar-refractivity contribution in [2.75, 3.05) is 0 Å². The number of hydrogen-bond donors (Lipinski definition) is 1. The Bertz CT molecular complexity index is 1580. The van der Waals surface area contributed by atoms with Gasteiger partial charge in [0.2, 0.25) is 0 Å². The summed E-state index contributed by atoms with van der Waals surface area (Å²) in [6.45, 7) is 0. The lowest BCUT2D eigenvalue weighted by molar-refractivity contribution is 0.480. The summed E-state index contributed by atoms with van der Waals surface area (Å²) >= 11 is 1.52. The van der Waals surface area contributed by atoms with E-state index >= 15 is 0 Å². The second-order valence-corrected chi connectivity index (χ2v) is 8.27. The number of pyridine rings is 3. The van der Waals surface area contributed by atoms with E-state index in [4.69, 9.17) is 4.98 Å². The molecule has 4 aromatic heterocycles. The van der Waals surface area contributed by atoms with E-state index in [1.807, 2.05) is 60.8 Å². The second kappa shape index (κ2) is 7.11. The molecule has 0 saturated carbocycles. The number of aromatic hydroxyl groups is 1. The van der Waals surface area contributed by atoms with Gasteiger partial charge >= 0.3 is 0 Å². The molecule has 6 rings (SSSR count). The number of hydrogen-bond acceptors (Lipinski definition) is 5. The first-order chi connectivity index (χ1) is 15.3. The van der Waals surface area contributed by atoms with Crippen LogP contribution >= 0.6 is 11.8 Å². The fourth-order valence-corrected chi connectivity index (χ4v) is 4.68. The van der Waals surface area contributed by atoms with Gasteiger partial charge in [-0.25, -0.2) is 9.97 Å². The average molecular weight is 420 g/mol. The smallest absolute Gasteiger partial charge is 0.141 e. The van der Waals surface area contributed by atoms with Gasteiger partial charge in [-0.05, 0) is 42.5 Å². The van der Waals surface area contributed by atoms with Crippen LogP contribution < -0.4 is 0 Å². The summed E-state index contributed by atoms with van der Waals surface area (Å²) in [5, 5.41) is 13.0. The van der Waals surface area contributed by atoms with Crippen molar-refractivity contribution in [3.8, 4) is 11.6 Å². The molecule has 0 spiro atoms. The van der Waals surface area contributed by atoms with Gasteiger partial charge < -0.3 is 5.11 Å². The molecule has 0 amide bonds. The Morgan fingerprint density at radius 3 is 2.58 bits per heavy atom. The molecule has 1 N–H and O–H groups in total. The highest BCUT2D eigenvalue weighted by atomic mass is 32.2. The Labute approximate surface area is 182 Å². The summed E-state index contributed by atoms with van der Waals surface area (Å²) in [6.07, 6.45) is 3.67. The molecule has 31 heavy (non-hydrogen) atoms. The van der Waals surface area contributed by atoms with Crippen LogP contribution in [0.4, 0.5) is 0 Å². The van der Waals surface area contributed by atoms with Gasteiger partial charge in [-0.1, -0.05) is 48.2 Å². The van der Waals surface area contributed by atoms with Gasteiger partial charge in [0.15, 0.2) is 0 Å². The van der Waals surface area contributed by atoms with E-state index in [1.165, 1.54) is 11.8 Å². The van der Waals surface area contributed by atoms with Crippen LogP contribution in [0.15, 0.2) is 101 Å². The first-order valence-electron chi connectivity index (χ1n) is 9.85. The minimum Gasteiger partial charge on any atom is -0.506 e. The monoisotopic (exact) mass is 420 g/mol. The van der Waals surface area contributed by atoms with Gasteiger partial charge in [-0.15, -0.1) is 0 Å². The van der Waals surface area contributed by atoms with Crippen LogP contribution in [0.1, 0.15) is 0 Å². The van der Waals surface area contributed by atoms with Crippen LogP contribution in [0.25, 0.3) is 38.7 Å². The number of phenols is 1. The number of rotatable bonds is 3. The minimum atomic E-state index is 0.184. The molecule has 0 aliphatic carbocycles. The molecule has 0 aliphatic rings. The third-order valence-electron chi connectivity index (χ3n) is 5.26. The summed E-state index contributed by atoms with van der Waals surface area (Å²) < 4.78 is 2.14. The van der Waals surface area contributed by atoms with Crippen molar-refractivity contribution in [2.45, 2.75) is 9.92 Å². The van der Waals surface area contributed by atoms with Crippen LogP contribution in [0.2, 0.25) is 0 Å². The number of benzene rings is 2. The fourth-order valence-electron chi connectivity index (χ4n) is 3.89. The summed E-state index contributed by atoms with van der Waals surface area (Å²) in [6, 6.07) is 25.6. The molecule has 0 atom stereocenters. The van der Waals surface area contributed by atoms with Crippen molar-refractivity contribution >= 4 is 44.6 Å². The third-order valence-corrected chi connectivity index (χ3v) is 6.15. The summed E-state index contributed by atoms with van der Waals surface area (Å²) in [4.78, 5) is 15.0. The van der Waals surface area contributed by atoms with E-state index in [-0.39, 0.29) is 5.75 Å². The second-order valence-electron chi connectivity index (χ2n) is 7.18. The molecule has 0 radical (unpaired) electrons. The molecular formula is C25H16N4OS. The average Bonchev–Trinajstić information content (AvgIpc) is 3.14. The first-order valence-corrected chi connectivity index (χ1v) is 10.7. The van der Waals surface area contributed by atoms with Crippen molar-refractivity contribution in [1.29, 1.82) is 0 Å². The molecule has 0 bridgehead atoms. The minimum absolute atomic E-state index is 0.184. The van der Waals surface area contributed by atoms with Gasteiger partial charge in [0.05, 0.1) is 16.6 Å². The molecule has 6 heteroatoms. The number of fused-ring (bicyclic) bond motifs is 4. The normalized spacial score (nSPS) is 11.5. The fraction of sp³-hybridized carbons (Fsp3) is 0. The maximum atomic E-state index is 10.2. The van der Waals surface area contributed by atoms with E-state index in [1.54, 1.807) is 12.3 Å². The van der Waals surface area contributed by atoms with E-state index in [0.29, 0.717) is 5.52 Å². The Hall–Kier alpha value is -3.90. The quantitative estimate of drug-likeness (QED) is 0.382. The zero-order chi connectivity index (χ0) is 20.8. The van der Waals surface area contributed by atoms with Gasteiger partial charge in [-0.3, -0.25) is 9.55 Å². The van der Waals surface area contributed by atoms with Gasteiger partial charge in [0, 0.05) is 28.1 Å². The third kappa shape index (κ3) is 3.00. The van der Waals surface area contributed by atoms with Crippen LogP contribution in [-0.4, -0.2) is 24.6 Å². The molecule has 148 valence electrons. The van der Waals surface area contributed by atoms with E-state index < -0.39 is 0 Å². The molecule has 0 fully saturated rings. The van der Waals surface area contributed by atoms with Crippen molar-refractivity contribution in [1.82, 2.24) is 19.5 Å². The zero-order valence-corrected chi connectivity index (χ0v) is 17.1. The number of nitrogens with zero attached hydrogens (tertiary/aromatic N) is 4. The SMILES string of the molecule is Oc1cccc2ccc(Sc3cnc4c5ccccc5n(-c5ccccn5)c4c3)nc12. The van der Waals surface area contributed by atoms with Crippen molar-refractivity contribution in [3.63, 3.8) is 0 Å². The molecule has 5 nitrogen and oxygen atoms in total. The summed E-state index contributed by atoms with van der Waals surface area (Å²) in [5.41, 5.74) is 3.60. The Kier molecular flexibility index (Phi) is 4.11. The molecule has 0 saturated heterocycles. The lowest BCUT2D eigenvalue weighted by Crippen LogP contribution is -1.96. The van der Waals surface area contributed by atoms with Crippen LogP contribution in [0, 0.1) is 0 Å². The highest BCUT2D eigenvalue weighted by molar-refractivity contribution is 7.99. The standard InChI is InChI=1S/C25H16N4OS/c30-21-9-5-6-16-11-12-23(28-24(16)21)31-17-14-20-25(27-15-17)18-7-1-2-8-19(18)29(20)22-10-3-4-13-26-22/h1-15,30H. The predicted molar refractivity (Wildman–Crippen MR) is 124 cm³/mol. The first kappa shape index (κ1) is 17.9. The lowest BCUT2D eigenvalue weighted by Gasteiger charge is -2.07. The number of phenolic OH excluding ortho intramolecular Hbond substituents is 1. The van der Waals surface area contributed by atoms with Crippen LogP contribution in [0.5, 0.6) is 5.75 Å². The highest BCUT2D eigenvalue weighted by Gasteiger charge is 2.15. The largest absolute Gasteiger partial charge is 0.506 e. The van der Waals surface area contributed by atoms with Gasteiger partial charge in [-0.2, -0.15) is 0 Å². The summed E-state index contributed by atoms with van der Waals surface area (Å²) in [7, 11) is 0. The van der Waals surface area contributed by atoms with E-state index in [0.717, 1.165) is 43.1 Å². The molecule has 0 unspecified atom stereocenters. The molecule has 2 aromatic carbocycles. The van der Waals surface area contributed by atoms with Crippen LogP contribution in [0.3, 0.4) is 0 Å². The Balaban J connectivity index is 1.51. The molecular weight excluding hydrogens is 404 g/mol. The maximum absolute atomic E-state index is 10.2. The number of aromatic nitrogens is 4. The van der Waals surface area contributed by atoms with Crippen LogP contribution in [-0.2, 0) is 0 Å². The molecule has 6 aromatic rings. The Morgan fingerprint density at radius 2 is 1.68 bits per heavy atom. The van der Waals surface area contributed by atoms with Crippen molar-refractivity contribution in [2.24, 2.45) is 0 Å². The molecule has 4 heterocycles.